The van der Waals surface area contributed by atoms with Crippen molar-refractivity contribution < 1.29 is 9.85 Å². The second-order valence-electron chi connectivity index (χ2n) is 5.45. The van der Waals surface area contributed by atoms with Crippen molar-refractivity contribution in [3.63, 3.8) is 0 Å². The van der Waals surface area contributed by atoms with E-state index in [9.17, 15) is 20.2 Å². The standard InChI is InChI=1S/C19H13N3O4S/c23-21(24)16-5-1-14(2-6-16)13-20-15-3-9-18(10-4-15)27-19-11-7-17(8-12-19)22(25)26/h1-13H. The summed E-state index contributed by atoms with van der Waals surface area (Å²) in [5.74, 6) is 0. The molecule has 134 valence electrons. The Balaban J connectivity index is 1.64. The third-order valence-corrected chi connectivity index (χ3v) is 4.60. The number of aliphatic imine (C=N–C) groups is 1. The highest BCUT2D eigenvalue weighted by Crippen LogP contribution is 2.30. The lowest BCUT2D eigenvalue weighted by Crippen LogP contribution is -1.88. The van der Waals surface area contributed by atoms with Crippen molar-refractivity contribution >= 4 is 35.0 Å². The van der Waals surface area contributed by atoms with Gasteiger partial charge in [0.25, 0.3) is 11.4 Å². The molecular weight excluding hydrogens is 366 g/mol. The number of nitrogens with zero attached hydrogens (tertiary/aromatic N) is 3. The number of rotatable bonds is 6. The molecule has 0 radical (unpaired) electrons. The number of nitro benzene ring substituents is 2. The van der Waals surface area contributed by atoms with Crippen molar-refractivity contribution in [1.82, 2.24) is 0 Å². The Hall–Kier alpha value is -3.52. The lowest BCUT2D eigenvalue weighted by Gasteiger charge is -2.02. The minimum Gasteiger partial charge on any atom is -0.258 e. The molecule has 0 bridgehead atoms. The molecule has 0 amide bonds. The molecule has 27 heavy (non-hydrogen) atoms. The molecule has 0 aliphatic rings. The Morgan fingerprint density at radius 1 is 0.704 bits per heavy atom. The van der Waals surface area contributed by atoms with Gasteiger partial charge in [0.2, 0.25) is 0 Å². The molecule has 0 aliphatic heterocycles. The smallest absolute Gasteiger partial charge is 0.258 e. The molecule has 0 fully saturated rings. The predicted octanol–water partition coefficient (Wildman–Crippen LogP) is 5.40. The van der Waals surface area contributed by atoms with Crippen LogP contribution in [0, 0.1) is 20.2 Å². The first-order valence-electron chi connectivity index (χ1n) is 7.82. The van der Waals surface area contributed by atoms with Gasteiger partial charge in [-0.25, -0.2) is 0 Å². The van der Waals surface area contributed by atoms with Gasteiger partial charge in [-0.3, -0.25) is 25.2 Å². The van der Waals surface area contributed by atoms with E-state index in [4.69, 9.17) is 0 Å². The largest absolute Gasteiger partial charge is 0.269 e. The van der Waals surface area contributed by atoms with Gasteiger partial charge in [0.1, 0.15) is 0 Å². The van der Waals surface area contributed by atoms with Crippen LogP contribution in [-0.4, -0.2) is 16.1 Å². The van der Waals surface area contributed by atoms with Crippen molar-refractivity contribution in [2.75, 3.05) is 0 Å². The first-order valence-corrected chi connectivity index (χ1v) is 8.64. The van der Waals surface area contributed by atoms with E-state index < -0.39 is 9.85 Å². The van der Waals surface area contributed by atoms with Crippen LogP contribution in [0.25, 0.3) is 0 Å². The van der Waals surface area contributed by atoms with Gasteiger partial charge in [-0.2, -0.15) is 0 Å². The minimum absolute atomic E-state index is 0.0415. The SMILES string of the molecule is O=[N+]([O-])c1ccc(C=Nc2ccc(Sc3ccc([N+](=O)[O-])cc3)cc2)cc1. The van der Waals surface area contributed by atoms with Crippen LogP contribution in [0.2, 0.25) is 0 Å². The predicted molar refractivity (Wildman–Crippen MR) is 104 cm³/mol. The molecule has 0 aromatic heterocycles. The van der Waals surface area contributed by atoms with Crippen LogP contribution in [0.1, 0.15) is 5.56 Å². The topological polar surface area (TPSA) is 98.6 Å². The van der Waals surface area contributed by atoms with E-state index >= 15 is 0 Å². The van der Waals surface area contributed by atoms with Gasteiger partial charge in [-0.05, 0) is 54.1 Å². The maximum atomic E-state index is 10.7. The molecular formula is C19H13N3O4S. The Morgan fingerprint density at radius 3 is 1.63 bits per heavy atom. The fraction of sp³-hybridized carbons (Fsp3) is 0. The summed E-state index contributed by atoms with van der Waals surface area (Å²) in [5.41, 5.74) is 1.63. The second-order valence-corrected chi connectivity index (χ2v) is 6.60. The van der Waals surface area contributed by atoms with Gasteiger partial charge in [-0.1, -0.05) is 11.8 Å². The van der Waals surface area contributed by atoms with Crippen LogP contribution in [-0.2, 0) is 0 Å². The van der Waals surface area contributed by atoms with E-state index in [1.54, 1.807) is 30.5 Å². The Labute approximate surface area is 158 Å². The van der Waals surface area contributed by atoms with Gasteiger partial charge >= 0.3 is 0 Å². The molecule has 0 unspecified atom stereocenters. The molecule has 3 rings (SSSR count). The van der Waals surface area contributed by atoms with Crippen molar-refractivity contribution in [3.8, 4) is 0 Å². The summed E-state index contributed by atoms with van der Waals surface area (Å²) in [6, 6.07) is 20.1. The van der Waals surface area contributed by atoms with E-state index in [1.165, 1.54) is 36.0 Å². The molecule has 0 heterocycles. The summed E-state index contributed by atoms with van der Waals surface area (Å²) in [4.78, 5) is 26.7. The lowest BCUT2D eigenvalue weighted by molar-refractivity contribution is -0.385. The third-order valence-electron chi connectivity index (χ3n) is 3.59. The van der Waals surface area contributed by atoms with Gasteiger partial charge in [0.15, 0.2) is 0 Å². The number of non-ortho nitro benzene ring substituents is 2. The van der Waals surface area contributed by atoms with Crippen LogP contribution in [0.5, 0.6) is 0 Å². The highest BCUT2D eigenvalue weighted by molar-refractivity contribution is 7.99. The van der Waals surface area contributed by atoms with Crippen molar-refractivity contribution in [2.24, 2.45) is 4.99 Å². The molecule has 0 aliphatic carbocycles. The average molecular weight is 379 g/mol. The molecule has 0 spiro atoms. The van der Waals surface area contributed by atoms with Crippen LogP contribution in [0.3, 0.4) is 0 Å². The summed E-state index contributed by atoms with van der Waals surface area (Å²) >= 11 is 1.50. The van der Waals surface area contributed by atoms with E-state index in [-0.39, 0.29) is 11.4 Å². The summed E-state index contributed by atoms with van der Waals surface area (Å²) in [6.07, 6.45) is 1.64. The molecule has 7 nitrogen and oxygen atoms in total. The quantitative estimate of drug-likeness (QED) is 0.324. The molecule has 0 N–H and O–H groups in total. The molecule has 0 saturated heterocycles. The second kappa shape index (κ2) is 8.24. The van der Waals surface area contributed by atoms with Gasteiger partial charge < -0.3 is 0 Å². The Kier molecular flexibility index (Phi) is 5.58. The highest BCUT2D eigenvalue weighted by atomic mass is 32.2. The number of hydrogen-bond donors (Lipinski definition) is 0. The minimum atomic E-state index is -0.442. The average Bonchev–Trinajstić information content (AvgIpc) is 2.68. The van der Waals surface area contributed by atoms with Gasteiger partial charge in [0, 0.05) is 40.3 Å². The van der Waals surface area contributed by atoms with E-state index in [0.29, 0.717) is 0 Å². The maximum Gasteiger partial charge on any atom is 0.269 e. The number of benzene rings is 3. The van der Waals surface area contributed by atoms with Crippen LogP contribution in [0.4, 0.5) is 17.1 Å². The Morgan fingerprint density at radius 2 is 1.15 bits per heavy atom. The zero-order valence-corrected chi connectivity index (χ0v) is 14.7. The van der Waals surface area contributed by atoms with Crippen LogP contribution >= 0.6 is 11.8 Å². The van der Waals surface area contributed by atoms with E-state index in [2.05, 4.69) is 4.99 Å². The summed E-state index contributed by atoms with van der Waals surface area (Å²) in [7, 11) is 0. The zero-order chi connectivity index (χ0) is 19.2. The number of nitro groups is 2. The fourth-order valence-electron chi connectivity index (χ4n) is 2.20. The first-order chi connectivity index (χ1) is 13.0. The van der Waals surface area contributed by atoms with E-state index in [1.807, 2.05) is 24.3 Å². The fourth-order valence-corrected chi connectivity index (χ4v) is 3.02. The zero-order valence-electron chi connectivity index (χ0n) is 13.9. The van der Waals surface area contributed by atoms with Crippen molar-refractivity contribution in [2.45, 2.75) is 9.79 Å². The van der Waals surface area contributed by atoms with Crippen LogP contribution < -0.4 is 0 Å². The molecule has 0 saturated carbocycles. The van der Waals surface area contributed by atoms with Gasteiger partial charge in [0.05, 0.1) is 15.5 Å². The molecule has 8 heteroatoms. The van der Waals surface area contributed by atoms with Crippen molar-refractivity contribution in [1.29, 1.82) is 0 Å². The number of hydrogen-bond acceptors (Lipinski definition) is 6. The Bertz CT molecular complexity index is 985. The summed E-state index contributed by atoms with van der Waals surface area (Å²) in [6.45, 7) is 0. The molecule has 3 aromatic carbocycles. The molecule has 3 aromatic rings. The van der Waals surface area contributed by atoms with Crippen LogP contribution in [0.15, 0.2) is 87.6 Å². The van der Waals surface area contributed by atoms with E-state index in [0.717, 1.165) is 21.0 Å². The summed E-state index contributed by atoms with van der Waals surface area (Å²) < 4.78 is 0. The third kappa shape index (κ3) is 4.99. The maximum absolute atomic E-state index is 10.7. The monoisotopic (exact) mass is 379 g/mol. The normalized spacial score (nSPS) is 10.8. The molecule has 0 atom stereocenters. The van der Waals surface area contributed by atoms with Gasteiger partial charge in [-0.15, -0.1) is 0 Å². The van der Waals surface area contributed by atoms with Crippen molar-refractivity contribution in [3.05, 3.63) is 98.6 Å². The highest BCUT2D eigenvalue weighted by Gasteiger charge is 2.05. The summed E-state index contributed by atoms with van der Waals surface area (Å²) in [5, 5.41) is 21.3. The lowest BCUT2D eigenvalue weighted by atomic mass is 10.2. The first kappa shape index (κ1) is 18.3.